The molecular weight excluding hydrogens is 376 g/mol. The number of hydrogen-bond acceptors (Lipinski definition) is 7. The normalized spacial score (nSPS) is 16.1. The van der Waals surface area contributed by atoms with Crippen molar-refractivity contribution < 1.29 is 14.6 Å². The van der Waals surface area contributed by atoms with Gasteiger partial charge in [-0.25, -0.2) is 4.68 Å². The molecule has 0 aliphatic heterocycles. The summed E-state index contributed by atoms with van der Waals surface area (Å²) in [6.07, 6.45) is 6.64. The fraction of sp³-hybridized carbons (Fsp3) is 0.600. The first-order valence-corrected chi connectivity index (χ1v) is 10.9. The largest absolute Gasteiger partial charge is 0.491 e. The van der Waals surface area contributed by atoms with E-state index in [0.717, 1.165) is 30.0 Å². The Labute approximate surface area is 169 Å². The molecule has 8 heteroatoms. The molecule has 1 atom stereocenters. The van der Waals surface area contributed by atoms with Crippen molar-refractivity contribution in [3.63, 3.8) is 0 Å². The van der Waals surface area contributed by atoms with Gasteiger partial charge in [-0.2, -0.15) is 0 Å². The first kappa shape index (κ1) is 20.8. The summed E-state index contributed by atoms with van der Waals surface area (Å²) in [4.78, 5) is 11.1. The smallest absolute Gasteiger partial charge is 0.209 e. The number of aliphatic hydroxyl groups excluding tert-OH is 1. The van der Waals surface area contributed by atoms with Crippen molar-refractivity contribution in [3.8, 4) is 5.75 Å². The molecule has 1 aromatic heterocycles. The molecule has 3 rings (SSSR count). The van der Waals surface area contributed by atoms with E-state index >= 15 is 0 Å². The number of aryl methyl sites for hydroxylation is 1. The van der Waals surface area contributed by atoms with Crippen molar-refractivity contribution >= 4 is 17.5 Å². The maximum atomic E-state index is 11.1. The second kappa shape index (κ2) is 10.6. The van der Waals surface area contributed by atoms with Gasteiger partial charge in [0.1, 0.15) is 18.1 Å². The van der Waals surface area contributed by atoms with E-state index in [-0.39, 0.29) is 12.4 Å². The van der Waals surface area contributed by atoms with E-state index < -0.39 is 6.10 Å². The number of thioether (sulfide) groups is 1. The molecule has 0 spiro atoms. The van der Waals surface area contributed by atoms with Gasteiger partial charge in [-0.1, -0.05) is 43.2 Å². The molecule has 1 N–H and O–H groups in total. The molecule has 2 aromatic rings. The van der Waals surface area contributed by atoms with E-state index in [4.69, 9.17) is 4.74 Å². The Kier molecular flexibility index (Phi) is 7.85. The quantitative estimate of drug-likeness (QED) is 0.608. The van der Waals surface area contributed by atoms with Crippen LogP contribution in [0, 0.1) is 0 Å². The Bertz CT molecular complexity index is 744. The highest BCUT2D eigenvalue weighted by Gasteiger charge is 2.21. The van der Waals surface area contributed by atoms with Crippen LogP contribution in [0.2, 0.25) is 0 Å². The van der Waals surface area contributed by atoms with Crippen LogP contribution in [-0.4, -0.2) is 49.6 Å². The zero-order valence-electron chi connectivity index (χ0n) is 16.3. The summed E-state index contributed by atoms with van der Waals surface area (Å²) >= 11 is 1.47. The second-order valence-corrected chi connectivity index (χ2v) is 8.31. The summed E-state index contributed by atoms with van der Waals surface area (Å²) in [5, 5.41) is 23.1. The highest BCUT2D eigenvalue weighted by Crippen LogP contribution is 2.30. The van der Waals surface area contributed by atoms with E-state index in [9.17, 15) is 9.90 Å². The SMILES string of the molecule is CC(=O)CCc1ccc(OC[C@H](O)CSc2nnnn2C2CCCCC2)cc1. The van der Waals surface area contributed by atoms with Crippen LogP contribution in [0.4, 0.5) is 0 Å². The molecule has 1 heterocycles. The monoisotopic (exact) mass is 404 g/mol. The average molecular weight is 405 g/mol. The highest BCUT2D eigenvalue weighted by atomic mass is 32.2. The summed E-state index contributed by atoms with van der Waals surface area (Å²) in [6, 6.07) is 8.04. The Hall–Kier alpha value is -1.93. The van der Waals surface area contributed by atoms with Gasteiger partial charge in [-0.3, -0.25) is 0 Å². The number of ether oxygens (including phenoxy) is 1. The second-order valence-electron chi connectivity index (χ2n) is 7.32. The molecule has 0 saturated heterocycles. The van der Waals surface area contributed by atoms with Crippen LogP contribution in [0.3, 0.4) is 0 Å². The molecular formula is C20H28N4O3S. The predicted octanol–water partition coefficient (Wildman–Crippen LogP) is 3.23. The van der Waals surface area contributed by atoms with Gasteiger partial charge < -0.3 is 14.6 Å². The van der Waals surface area contributed by atoms with Crippen molar-refractivity contribution in [2.24, 2.45) is 0 Å². The minimum absolute atomic E-state index is 0.190. The molecule has 1 aromatic carbocycles. The molecule has 0 radical (unpaired) electrons. The molecule has 1 fully saturated rings. The Morgan fingerprint density at radius 1 is 1.29 bits per heavy atom. The van der Waals surface area contributed by atoms with Crippen LogP contribution < -0.4 is 4.74 Å². The van der Waals surface area contributed by atoms with Crippen LogP contribution in [-0.2, 0) is 11.2 Å². The van der Waals surface area contributed by atoms with Crippen LogP contribution in [0.5, 0.6) is 5.75 Å². The molecule has 0 unspecified atom stereocenters. The number of nitrogens with zero attached hydrogens (tertiary/aromatic N) is 4. The Morgan fingerprint density at radius 3 is 2.75 bits per heavy atom. The summed E-state index contributed by atoms with van der Waals surface area (Å²) < 4.78 is 7.59. The van der Waals surface area contributed by atoms with Gasteiger partial charge in [0.15, 0.2) is 0 Å². The third-order valence-corrected chi connectivity index (χ3v) is 6.00. The van der Waals surface area contributed by atoms with Gasteiger partial charge in [0.25, 0.3) is 0 Å². The standard InChI is InChI=1S/C20H28N4O3S/c1-15(25)7-8-16-9-11-19(12-10-16)27-13-18(26)14-28-20-21-22-23-24(20)17-5-3-2-4-6-17/h9-12,17-18,26H,2-8,13-14H2,1H3/t18-/m0/s1. The topological polar surface area (TPSA) is 90.1 Å². The Morgan fingerprint density at radius 2 is 2.04 bits per heavy atom. The van der Waals surface area contributed by atoms with E-state index in [2.05, 4.69) is 15.5 Å². The fourth-order valence-electron chi connectivity index (χ4n) is 3.32. The first-order chi connectivity index (χ1) is 13.6. The van der Waals surface area contributed by atoms with Crippen molar-refractivity contribution in [2.75, 3.05) is 12.4 Å². The summed E-state index contributed by atoms with van der Waals surface area (Å²) in [5.74, 6) is 1.38. The number of ketones is 1. The number of tetrazole rings is 1. The van der Waals surface area contributed by atoms with Gasteiger partial charge in [-0.15, -0.1) is 5.10 Å². The van der Waals surface area contributed by atoms with Gasteiger partial charge in [0.05, 0.1) is 12.1 Å². The summed E-state index contributed by atoms with van der Waals surface area (Å²) in [6.45, 7) is 1.81. The maximum Gasteiger partial charge on any atom is 0.209 e. The van der Waals surface area contributed by atoms with Crippen LogP contribution in [0.15, 0.2) is 29.4 Å². The molecule has 1 aliphatic carbocycles. The number of aromatic nitrogens is 4. The zero-order valence-corrected chi connectivity index (χ0v) is 17.1. The lowest BCUT2D eigenvalue weighted by molar-refractivity contribution is -0.116. The third-order valence-electron chi connectivity index (χ3n) is 4.92. The van der Waals surface area contributed by atoms with Crippen molar-refractivity contribution in [1.82, 2.24) is 20.2 Å². The number of benzene rings is 1. The molecule has 1 saturated carbocycles. The van der Waals surface area contributed by atoms with Crippen LogP contribution in [0.25, 0.3) is 0 Å². The van der Waals surface area contributed by atoms with Crippen LogP contribution >= 0.6 is 11.8 Å². The van der Waals surface area contributed by atoms with Crippen molar-refractivity contribution in [3.05, 3.63) is 29.8 Å². The van der Waals surface area contributed by atoms with Gasteiger partial charge >= 0.3 is 0 Å². The number of aliphatic hydroxyl groups is 1. The van der Waals surface area contributed by atoms with Gasteiger partial charge in [0, 0.05) is 12.2 Å². The maximum absolute atomic E-state index is 11.1. The van der Waals surface area contributed by atoms with E-state index in [1.54, 1.807) is 6.92 Å². The Balaban J connectivity index is 1.42. The molecule has 152 valence electrons. The van der Waals surface area contributed by atoms with Gasteiger partial charge in [-0.05, 0) is 54.3 Å². The van der Waals surface area contributed by atoms with E-state index in [1.165, 1.54) is 31.0 Å². The lowest BCUT2D eigenvalue weighted by Crippen LogP contribution is -2.21. The van der Waals surface area contributed by atoms with Crippen molar-refractivity contribution in [1.29, 1.82) is 0 Å². The number of rotatable bonds is 10. The fourth-order valence-corrected chi connectivity index (χ4v) is 4.17. The minimum Gasteiger partial charge on any atom is -0.491 e. The summed E-state index contributed by atoms with van der Waals surface area (Å²) in [7, 11) is 0. The predicted molar refractivity (Wildman–Crippen MR) is 108 cm³/mol. The molecule has 0 amide bonds. The minimum atomic E-state index is -0.612. The van der Waals surface area contributed by atoms with E-state index in [1.807, 2.05) is 28.9 Å². The zero-order chi connectivity index (χ0) is 19.8. The highest BCUT2D eigenvalue weighted by molar-refractivity contribution is 7.99. The number of hydrogen-bond donors (Lipinski definition) is 1. The lowest BCUT2D eigenvalue weighted by atomic mass is 9.96. The van der Waals surface area contributed by atoms with Gasteiger partial charge in [0.2, 0.25) is 5.16 Å². The van der Waals surface area contributed by atoms with Crippen LogP contribution in [0.1, 0.15) is 57.1 Å². The number of carbonyl (C=O) groups excluding carboxylic acids is 1. The third kappa shape index (κ3) is 6.31. The molecule has 28 heavy (non-hydrogen) atoms. The lowest BCUT2D eigenvalue weighted by Gasteiger charge is -2.22. The molecule has 7 nitrogen and oxygen atoms in total. The van der Waals surface area contributed by atoms with Crippen molar-refractivity contribution in [2.45, 2.75) is 69.2 Å². The van der Waals surface area contributed by atoms with E-state index in [0.29, 0.717) is 24.0 Å². The molecule has 0 bridgehead atoms. The number of Topliss-reactive ketones (excluding diaryl/α,β-unsaturated/α-hetero) is 1. The average Bonchev–Trinajstić information content (AvgIpc) is 3.19. The molecule has 1 aliphatic rings. The first-order valence-electron chi connectivity index (χ1n) is 9.91. The summed E-state index contributed by atoms with van der Waals surface area (Å²) in [5.41, 5.74) is 1.10. The number of carbonyl (C=O) groups is 1.